The monoisotopic (exact) mass is 278 g/mol. The van der Waals surface area contributed by atoms with Crippen LogP contribution < -0.4 is 5.32 Å². The van der Waals surface area contributed by atoms with Crippen LogP contribution in [0.3, 0.4) is 0 Å². The van der Waals surface area contributed by atoms with Crippen molar-refractivity contribution in [3.63, 3.8) is 0 Å². The fraction of sp³-hybridized carbons (Fsp3) is 0.562. The van der Waals surface area contributed by atoms with Crippen molar-refractivity contribution >= 4 is 11.6 Å². The Morgan fingerprint density at radius 3 is 2.40 bits per heavy atom. The molecule has 1 rings (SSSR count). The SMILES string of the molecule is Cc1ccc(NC(=O)CN(C)CCOC(C)(C)C)cc1. The summed E-state index contributed by atoms with van der Waals surface area (Å²) in [5, 5.41) is 2.89. The summed E-state index contributed by atoms with van der Waals surface area (Å²) in [7, 11) is 1.92. The minimum atomic E-state index is -0.134. The van der Waals surface area contributed by atoms with Crippen LogP contribution in [0.25, 0.3) is 0 Å². The van der Waals surface area contributed by atoms with E-state index in [1.807, 2.05) is 63.9 Å². The smallest absolute Gasteiger partial charge is 0.238 e. The van der Waals surface area contributed by atoms with Crippen LogP contribution in [0.5, 0.6) is 0 Å². The Balaban J connectivity index is 2.29. The summed E-state index contributed by atoms with van der Waals surface area (Å²) < 4.78 is 5.64. The summed E-state index contributed by atoms with van der Waals surface area (Å²) in [6, 6.07) is 7.79. The van der Waals surface area contributed by atoms with Crippen molar-refractivity contribution in [2.45, 2.75) is 33.3 Å². The number of likely N-dealkylation sites (N-methyl/N-ethyl adjacent to an activating group) is 1. The third-order valence-corrected chi connectivity index (χ3v) is 2.76. The third kappa shape index (κ3) is 7.26. The van der Waals surface area contributed by atoms with Crippen LogP contribution >= 0.6 is 0 Å². The maximum atomic E-state index is 11.9. The Kier molecular flexibility index (Phi) is 6.17. The van der Waals surface area contributed by atoms with Crippen molar-refractivity contribution in [3.05, 3.63) is 29.8 Å². The lowest BCUT2D eigenvalue weighted by atomic mass is 10.2. The molecule has 1 aromatic rings. The molecule has 0 aromatic heterocycles. The molecule has 0 aliphatic rings. The number of ether oxygens (including phenoxy) is 1. The van der Waals surface area contributed by atoms with E-state index >= 15 is 0 Å². The highest BCUT2D eigenvalue weighted by atomic mass is 16.5. The first-order valence-electron chi connectivity index (χ1n) is 6.95. The minimum Gasteiger partial charge on any atom is -0.375 e. The summed E-state index contributed by atoms with van der Waals surface area (Å²) in [6.07, 6.45) is 0. The average Bonchev–Trinajstić information content (AvgIpc) is 2.30. The van der Waals surface area contributed by atoms with Crippen molar-refractivity contribution in [2.75, 3.05) is 32.1 Å². The van der Waals surface area contributed by atoms with Crippen molar-refractivity contribution in [3.8, 4) is 0 Å². The first-order chi connectivity index (χ1) is 9.26. The zero-order valence-corrected chi connectivity index (χ0v) is 13.2. The second-order valence-electron chi connectivity index (χ2n) is 6.11. The van der Waals surface area contributed by atoms with Crippen LogP contribution in [-0.2, 0) is 9.53 Å². The van der Waals surface area contributed by atoms with Crippen molar-refractivity contribution in [2.24, 2.45) is 0 Å². The van der Waals surface area contributed by atoms with E-state index in [1.165, 1.54) is 5.56 Å². The summed E-state index contributed by atoms with van der Waals surface area (Å²) in [5.74, 6) is -0.00730. The van der Waals surface area contributed by atoms with E-state index in [0.717, 1.165) is 12.2 Å². The van der Waals surface area contributed by atoms with Crippen molar-refractivity contribution < 1.29 is 9.53 Å². The van der Waals surface area contributed by atoms with Gasteiger partial charge in [0.15, 0.2) is 0 Å². The highest BCUT2D eigenvalue weighted by Gasteiger charge is 2.11. The average molecular weight is 278 g/mol. The zero-order chi connectivity index (χ0) is 15.2. The van der Waals surface area contributed by atoms with Gasteiger partial charge in [0.05, 0.1) is 18.8 Å². The number of rotatable bonds is 6. The molecule has 0 aliphatic heterocycles. The number of carbonyl (C=O) groups excluding carboxylic acids is 1. The van der Waals surface area contributed by atoms with Gasteiger partial charge in [0.25, 0.3) is 0 Å². The number of anilines is 1. The van der Waals surface area contributed by atoms with Gasteiger partial charge in [-0.2, -0.15) is 0 Å². The lowest BCUT2D eigenvalue weighted by molar-refractivity contribution is -0.117. The van der Waals surface area contributed by atoms with Gasteiger partial charge in [-0.15, -0.1) is 0 Å². The van der Waals surface area contributed by atoms with Crippen LogP contribution in [0.15, 0.2) is 24.3 Å². The number of hydrogen-bond donors (Lipinski definition) is 1. The highest BCUT2D eigenvalue weighted by Crippen LogP contribution is 2.08. The second-order valence-corrected chi connectivity index (χ2v) is 6.11. The topological polar surface area (TPSA) is 41.6 Å². The standard InChI is InChI=1S/C16H26N2O2/c1-13-6-8-14(9-7-13)17-15(19)12-18(5)10-11-20-16(2,3)4/h6-9H,10-12H2,1-5H3,(H,17,19). The van der Waals surface area contributed by atoms with E-state index in [9.17, 15) is 4.79 Å². The fourth-order valence-corrected chi connectivity index (χ4v) is 1.67. The molecule has 4 nitrogen and oxygen atoms in total. The highest BCUT2D eigenvalue weighted by molar-refractivity contribution is 5.92. The Bertz CT molecular complexity index is 421. The third-order valence-electron chi connectivity index (χ3n) is 2.76. The molecule has 0 saturated heterocycles. The molecular formula is C16H26N2O2. The van der Waals surface area contributed by atoms with Gasteiger partial charge in [-0.25, -0.2) is 0 Å². The van der Waals surface area contributed by atoms with Crippen LogP contribution in [-0.4, -0.2) is 43.2 Å². The molecule has 0 spiro atoms. The molecule has 1 N–H and O–H groups in total. The Hall–Kier alpha value is -1.39. The van der Waals surface area contributed by atoms with Gasteiger partial charge in [-0.3, -0.25) is 9.69 Å². The quantitative estimate of drug-likeness (QED) is 0.870. The maximum absolute atomic E-state index is 11.9. The summed E-state index contributed by atoms with van der Waals surface area (Å²) >= 11 is 0. The molecule has 0 fully saturated rings. The number of aryl methyl sites for hydroxylation is 1. The molecule has 0 aliphatic carbocycles. The van der Waals surface area contributed by atoms with Crippen LogP contribution in [0, 0.1) is 6.92 Å². The number of nitrogens with zero attached hydrogens (tertiary/aromatic N) is 1. The normalized spacial score (nSPS) is 11.7. The molecule has 0 radical (unpaired) electrons. The molecule has 0 bridgehead atoms. The zero-order valence-electron chi connectivity index (χ0n) is 13.2. The summed E-state index contributed by atoms with van der Waals surface area (Å²) in [4.78, 5) is 13.8. The molecule has 0 saturated carbocycles. The van der Waals surface area contributed by atoms with Gasteiger partial charge in [-0.1, -0.05) is 17.7 Å². The van der Waals surface area contributed by atoms with E-state index in [4.69, 9.17) is 4.74 Å². The fourth-order valence-electron chi connectivity index (χ4n) is 1.67. The number of benzene rings is 1. The molecule has 1 aromatic carbocycles. The lowest BCUT2D eigenvalue weighted by Gasteiger charge is -2.22. The van der Waals surface area contributed by atoms with Crippen LogP contribution in [0.4, 0.5) is 5.69 Å². The first kappa shape index (κ1) is 16.7. The molecule has 20 heavy (non-hydrogen) atoms. The van der Waals surface area contributed by atoms with Crippen LogP contribution in [0.2, 0.25) is 0 Å². The van der Waals surface area contributed by atoms with Crippen molar-refractivity contribution in [1.82, 2.24) is 4.90 Å². The van der Waals surface area contributed by atoms with Crippen molar-refractivity contribution in [1.29, 1.82) is 0 Å². The molecular weight excluding hydrogens is 252 g/mol. The van der Waals surface area contributed by atoms with Gasteiger partial charge in [0, 0.05) is 12.2 Å². The number of hydrogen-bond acceptors (Lipinski definition) is 3. The van der Waals surface area contributed by atoms with Gasteiger partial charge < -0.3 is 10.1 Å². The molecule has 0 atom stereocenters. The molecule has 0 unspecified atom stereocenters. The predicted molar refractivity (Wildman–Crippen MR) is 83.0 cm³/mol. The van der Waals surface area contributed by atoms with E-state index in [-0.39, 0.29) is 11.5 Å². The van der Waals surface area contributed by atoms with E-state index in [1.54, 1.807) is 0 Å². The number of carbonyl (C=O) groups is 1. The Labute approximate surface area is 122 Å². The first-order valence-corrected chi connectivity index (χ1v) is 6.95. The van der Waals surface area contributed by atoms with E-state index in [0.29, 0.717) is 13.2 Å². The summed E-state index contributed by atoms with van der Waals surface area (Å²) in [5.41, 5.74) is 1.88. The van der Waals surface area contributed by atoms with E-state index < -0.39 is 0 Å². The molecule has 4 heteroatoms. The van der Waals surface area contributed by atoms with Crippen LogP contribution in [0.1, 0.15) is 26.3 Å². The Morgan fingerprint density at radius 2 is 1.85 bits per heavy atom. The largest absolute Gasteiger partial charge is 0.375 e. The van der Waals surface area contributed by atoms with Gasteiger partial charge in [0.2, 0.25) is 5.91 Å². The minimum absolute atomic E-state index is 0.00730. The molecule has 1 amide bonds. The number of nitrogens with one attached hydrogen (secondary N) is 1. The second kappa shape index (κ2) is 7.41. The molecule has 0 heterocycles. The predicted octanol–water partition coefficient (Wildman–Crippen LogP) is 2.68. The van der Waals surface area contributed by atoms with E-state index in [2.05, 4.69) is 5.32 Å². The Morgan fingerprint density at radius 1 is 1.25 bits per heavy atom. The van der Waals surface area contributed by atoms with Gasteiger partial charge in [0.1, 0.15) is 0 Å². The van der Waals surface area contributed by atoms with Gasteiger partial charge in [-0.05, 0) is 46.9 Å². The maximum Gasteiger partial charge on any atom is 0.238 e. The number of amides is 1. The lowest BCUT2D eigenvalue weighted by Crippen LogP contribution is -2.34. The summed E-state index contributed by atoms with van der Waals surface area (Å²) in [6.45, 7) is 9.82. The molecule has 112 valence electrons. The van der Waals surface area contributed by atoms with Gasteiger partial charge >= 0.3 is 0 Å².